The Morgan fingerprint density at radius 2 is 1.97 bits per heavy atom. The zero-order valence-corrected chi connectivity index (χ0v) is 19.1. The molecule has 1 fully saturated rings. The lowest BCUT2D eigenvalue weighted by Gasteiger charge is -2.32. The van der Waals surface area contributed by atoms with Crippen molar-refractivity contribution in [3.05, 3.63) is 30.0 Å². The van der Waals surface area contributed by atoms with Gasteiger partial charge >= 0.3 is 0 Å². The molecule has 0 aliphatic carbocycles. The third-order valence-corrected chi connectivity index (χ3v) is 8.87. The summed E-state index contributed by atoms with van der Waals surface area (Å²) in [5.74, 6) is -0.265. The number of hydrogen-bond donors (Lipinski definition) is 1. The maximum atomic E-state index is 12.8. The molecule has 2 N–H and O–H groups in total. The summed E-state index contributed by atoms with van der Waals surface area (Å²) in [4.78, 5) is 14.0. The molecule has 1 aromatic heterocycles. The molecule has 0 unspecified atom stereocenters. The highest BCUT2D eigenvalue weighted by atomic mass is 32.2. The number of ether oxygens (including phenoxy) is 1. The van der Waals surface area contributed by atoms with Gasteiger partial charge in [-0.25, -0.2) is 8.42 Å². The number of carbonyl (C=O) groups is 1. The van der Waals surface area contributed by atoms with Crippen molar-refractivity contribution in [2.24, 2.45) is 5.73 Å². The monoisotopic (exact) mass is 438 g/mol. The molecule has 8 nitrogen and oxygen atoms in total. The van der Waals surface area contributed by atoms with Gasteiger partial charge in [-0.1, -0.05) is 25.7 Å². The van der Waals surface area contributed by atoms with Crippen molar-refractivity contribution in [3.8, 4) is 0 Å². The summed E-state index contributed by atoms with van der Waals surface area (Å²) in [7, 11) is -4.98. The zero-order valence-electron chi connectivity index (χ0n) is 17.3. The van der Waals surface area contributed by atoms with E-state index in [1.807, 2.05) is 17.0 Å². The largest absolute Gasteiger partial charge is 0.379 e. The van der Waals surface area contributed by atoms with E-state index in [0.717, 1.165) is 15.0 Å². The number of primary amides is 1. The average molecular weight is 439 g/mol. The maximum absolute atomic E-state index is 12.8. The number of fused-ring (bicyclic) bond motifs is 1. The van der Waals surface area contributed by atoms with Gasteiger partial charge in [-0.2, -0.15) is 9.19 Å². The van der Waals surface area contributed by atoms with Gasteiger partial charge in [0.15, 0.2) is 0 Å². The van der Waals surface area contributed by atoms with Crippen molar-refractivity contribution in [2.45, 2.75) is 38.1 Å². The fourth-order valence-electron chi connectivity index (χ4n) is 3.45. The number of amides is 1. The number of hydrogen-bond acceptors (Lipinski definition) is 6. The van der Waals surface area contributed by atoms with E-state index in [0.29, 0.717) is 44.3 Å². The van der Waals surface area contributed by atoms with Crippen LogP contribution in [0, 0.1) is 0 Å². The SMILES string of the molecule is C[Si](C)(C)CCS(=O)(=O)n1ncc2cc(C[C@@H](C(N)=O)N3CCOCC3)ccc21. The standard InChI is InChI=1S/C19H30N4O4SSi/c1-29(2,3)11-10-28(25,26)23-17-5-4-15(12-16(17)14-21-23)13-18(19(20)24)22-6-8-27-9-7-22/h4-5,12,14,18H,6-11,13H2,1-3H3,(H2,20,24)/t18-/m0/s1. The van der Waals surface area contributed by atoms with Crippen LogP contribution in [-0.2, 0) is 26.0 Å². The first-order valence-corrected chi connectivity index (χ1v) is 15.2. The summed E-state index contributed by atoms with van der Waals surface area (Å²) in [6.45, 7) is 8.97. The molecule has 29 heavy (non-hydrogen) atoms. The topological polar surface area (TPSA) is 108 Å². The molecule has 1 aliphatic rings. The van der Waals surface area contributed by atoms with Crippen molar-refractivity contribution in [3.63, 3.8) is 0 Å². The molecule has 2 aromatic rings. The molecule has 0 spiro atoms. The van der Waals surface area contributed by atoms with Crippen molar-refractivity contribution < 1.29 is 17.9 Å². The number of aromatic nitrogens is 2. The van der Waals surface area contributed by atoms with E-state index in [-0.39, 0.29) is 11.7 Å². The van der Waals surface area contributed by atoms with Crippen molar-refractivity contribution >= 4 is 34.9 Å². The highest BCUT2D eigenvalue weighted by Gasteiger charge is 2.26. The lowest BCUT2D eigenvalue weighted by Crippen LogP contribution is -2.50. The Hall–Kier alpha value is -1.75. The predicted octanol–water partition coefficient (Wildman–Crippen LogP) is 1.28. The van der Waals surface area contributed by atoms with Gasteiger partial charge in [-0.3, -0.25) is 9.69 Å². The van der Waals surface area contributed by atoms with Gasteiger partial charge in [0.1, 0.15) is 0 Å². The Kier molecular flexibility index (Phi) is 6.47. The van der Waals surface area contributed by atoms with Crippen LogP contribution in [0.15, 0.2) is 24.4 Å². The molecule has 1 aromatic carbocycles. The minimum atomic E-state index is -3.50. The molecule has 2 heterocycles. The Balaban J connectivity index is 1.81. The minimum absolute atomic E-state index is 0.0992. The Morgan fingerprint density at radius 1 is 1.28 bits per heavy atom. The minimum Gasteiger partial charge on any atom is -0.379 e. The fourth-order valence-corrected chi connectivity index (χ4v) is 7.76. The first kappa shape index (κ1) is 21.9. The van der Waals surface area contributed by atoms with Gasteiger partial charge in [0.2, 0.25) is 5.91 Å². The normalized spacial score (nSPS) is 17.5. The van der Waals surface area contributed by atoms with Gasteiger partial charge in [0, 0.05) is 26.5 Å². The third kappa shape index (κ3) is 5.44. The summed E-state index contributed by atoms with van der Waals surface area (Å²) >= 11 is 0. The zero-order chi connectivity index (χ0) is 21.2. The number of nitrogens with zero attached hydrogens (tertiary/aromatic N) is 3. The van der Waals surface area contributed by atoms with E-state index in [4.69, 9.17) is 10.5 Å². The van der Waals surface area contributed by atoms with Crippen LogP contribution < -0.4 is 5.73 Å². The van der Waals surface area contributed by atoms with Gasteiger partial charge in [-0.05, 0) is 30.2 Å². The summed E-state index contributed by atoms with van der Waals surface area (Å²) in [5.41, 5.74) is 7.13. The molecule has 0 saturated carbocycles. The number of nitrogens with two attached hydrogens (primary N) is 1. The van der Waals surface area contributed by atoms with E-state index < -0.39 is 24.1 Å². The molecule has 0 bridgehead atoms. The number of rotatable bonds is 8. The van der Waals surface area contributed by atoms with Crippen LogP contribution in [0.1, 0.15) is 5.56 Å². The van der Waals surface area contributed by atoms with Gasteiger partial charge in [0.25, 0.3) is 10.0 Å². The quantitative estimate of drug-likeness (QED) is 0.622. The van der Waals surface area contributed by atoms with Crippen LogP contribution in [0.25, 0.3) is 10.9 Å². The molecule has 1 saturated heterocycles. The Labute approximate surface area is 173 Å². The highest BCUT2D eigenvalue weighted by molar-refractivity contribution is 7.90. The predicted molar refractivity (Wildman–Crippen MR) is 116 cm³/mol. The summed E-state index contributed by atoms with van der Waals surface area (Å²) in [6.07, 6.45) is 2.04. The molecule has 10 heteroatoms. The van der Waals surface area contributed by atoms with E-state index in [1.165, 1.54) is 0 Å². The highest BCUT2D eigenvalue weighted by Crippen LogP contribution is 2.21. The Bertz CT molecular complexity index is 978. The van der Waals surface area contributed by atoms with E-state index >= 15 is 0 Å². The molecule has 3 rings (SSSR count). The van der Waals surface area contributed by atoms with E-state index in [9.17, 15) is 13.2 Å². The number of benzene rings is 1. The van der Waals surface area contributed by atoms with E-state index in [1.54, 1.807) is 12.3 Å². The van der Waals surface area contributed by atoms with Gasteiger partial charge in [0.05, 0.1) is 36.7 Å². The first-order chi connectivity index (χ1) is 13.6. The molecule has 160 valence electrons. The van der Waals surface area contributed by atoms with Crippen molar-refractivity contribution in [1.29, 1.82) is 0 Å². The summed E-state index contributed by atoms with van der Waals surface area (Å²) < 4.78 is 32.0. The van der Waals surface area contributed by atoms with Crippen LogP contribution in [0.3, 0.4) is 0 Å². The Morgan fingerprint density at radius 3 is 2.59 bits per heavy atom. The average Bonchev–Trinajstić information content (AvgIpc) is 3.09. The van der Waals surface area contributed by atoms with Crippen molar-refractivity contribution in [2.75, 3.05) is 32.1 Å². The van der Waals surface area contributed by atoms with Crippen LogP contribution in [0.5, 0.6) is 0 Å². The molecule has 1 atom stereocenters. The van der Waals surface area contributed by atoms with E-state index in [2.05, 4.69) is 24.7 Å². The van der Waals surface area contributed by atoms with Gasteiger partial charge in [-0.15, -0.1) is 0 Å². The molecule has 1 amide bonds. The van der Waals surface area contributed by atoms with Crippen LogP contribution in [0.2, 0.25) is 25.7 Å². The summed E-state index contributed by atoms with van der Waals surface area (Å²) in [6, 6.07) is 5.79. The van der Waals surface area contributed by atoms with Crippen LogP contribution in [0.4, 0.5) is 0 Å². The van der Waals surface area contributed by atoms with Crippen LogP contribution in [-0.4, -0.2) is 74.6 Å². The smallest absolute Gasteiger partial charge is 0.254 e. The number of carbonyl (C=O) groups excluding carboxylic acids is 1. The molecule has 0 radical (unpaired) electrons. The maximum Gasteiger partial charge on any atom is 0.254 e. The third-order valence-electron chi connectivity index (χ3n) is 5.22. The van der Waals surface area contributed by atoms with Crippen molar-refractivity contribution in [1.82, 2.24) is 14.1 Å². The lowest BCUT2D eigenvalue weighted by molar-refractivity contribution is -0.124. The first-order valence-electron chi connectivity index (χ1n) is 9.88. The fraction of sp³-hybridized carbons (Fsp3) is 0.579. The molecule has 1 aliphatic heterocycles. The molecular weight excluding hydrogens is 408 g/mol. The molecular formula is C19H30N4O4SSi. The van der Waals surface area contributed by atoms with Crippen LogP contribution >= 0.6 is 0 Å². The van der Waals surface area contributed by atoms with Gasteiger partial charge < -0.3 is 10.5 Å². The summed E-state index contributed by atoms with van der Waals surface area (Å²) in [5, 5.41) is 4.88. The second-order valence-electron chi connectivity index (χ2n) is 8.78. The second-order valence-corrected chi connectivity index (χ2v) is 16.3. The second kappa shape index (κ2) is 8.55. The lowest BCUT2D eigenvalue weighted by atomic mass is 10.0. The number of morpholine rings is 1.